The molecule has 1 saturated heterocycles. The Morgan fingerprint density at radius 2 is 2.00 bits per heavy atom. The van der Waals surface area contributed by atoms with E-state index < -0.39 is 11.7 Å². The Hall–Kier alpha value is -2.23. The molecule has 31 heavy (non-hydrogen) atoms. The van der Waals surface area contributed by atoms with Gasteiger partial charge in [-0.15, -0.1) is 22.7 Å². The van der Waals surface area contributed by atoms with E-state index in [0.29, 0.717) is 17.0 Å². The summed E-state index contributed by atoms with van der Waals surface area (Å²) < 4.78 is 38.7. The van der Waals surface area contributed by atoms with E-state index in [1.807, 2.05) is 24.4 Å². The van der Waals surface area contributed by atoms with Crippen LogP contribution in [-0.4, -0.2) is 34.9 Å². The van der Waals surface area contributed by atoms with Crippen LogP contribution < -0.4 is 5.32 Å². The van der Waals surface area contributed by atoms with Gasteiger partial charge in [0.2, 0.25) is 0 Å². The summed E-state index contributed by atoms with van der Waals surface area (Å²) in [4.78, 5) is 21.1. The number of likely N-dealkylation sites (tertiary alicyclic amines) is 1. The van der Waals surface area contributed by atoms with Crippen molar-refractivity contribution in [3.8, 4) is 9.88 Å². The van der Waals surface area contributed by atoms with Crippen LogP contribution in [0.15, 0.2) is 41.8 Å². The molecule has 1 aliphatic rings. The number of nitrogens with zero attached hydrogens (tertiary/aromatic N) is 2. The van der Waals surface area contributed by atoms with Gasteiger partial charge in [0.15, 0.2) is 0 Å². The lowest BCUT2D eigenvalue weighted by Gasteiger charge is -2.32. The molecule has 1 fully saturated rings. The molecule has 164 valence electrons. The zero-order valence-electron chi connectivity index (χ0n) is 16.9. The molecule has 0 aliphatic carbocycles. The molecule has 1 aromatic carbocycles. The van der Waals surface area contributed by atoms with E-state index in [4.69, 9.17) is 0 Å². The number of amides is 1. The molecule has 1 aliphatic heterocycles. The van der Waals surface area contributed by atoms with E-state index in [1.165, 1.54) is 23.5 Å². The Labute approximate surface area is 186 Å². The third kappa shape index (κ3) is 5.34. The molecule has 0 radical (unpaired) electrons. The molecule has 4 nitrogen and oxygen atoms in total. The first-order valence-corrected chi connectivity index (χ1v) is 11.7. The monoisotopic (exact) mass is 465 g/mol. The molecular formula is C22H22F3N3OS2. The number of aryl methyl sites for hydroxylation is 1. The summed E-state index contributed by atoms with van der Waals surface area (Å²) in [6, 6.07) is 9.49. The fraction of sp³-hybridized carbons (Fsp3) is 0.364. The van der Waals surface area contributed by atoms with Crippen molar-refractivity contribution < 1.29 is 18.0 Å². The predicted molar refractivity (Wildman–Crippen MR) is 117 cm³/mol. The number of nitrogens with one attached hydrogen (secondary N) is 1. The number of thiazole rings is 1. The maximum atomic E-state index is 12.9. The molecular weight excluding hydrogens is 443 g/mol. The van der Waals surface area contributed by atoms with Crippen LogP contribution in [-0.2, 0) is 12.7 Å². The Kier molecular flexibility index (Phi) is 6.45. The Bertz CT molecular complexity index is 1040. The number of rotatable bonds is 5. The van der Waals surface area contributed by atoms with E-state index in [-0.39, 0.29) is 11.9 Å². The van der Waals surface area contributed by atoms with Gasteiger partial charge in [-0.05, 0) is 42.8 Å². The lowest BCUT2D eigenvalue weighted by Crippen LogP contribution is -2.44. The molecule has 0 unspecified atom stereocenters. The fourth-order valence-corrected chi connectivity index (χ4v) is 5.47. The first kappa shape index (κ1) is 22.0. The Morgan fingerprint density at radius 3 is 2.68 bits per heavy atom. The summed E-state index contributed by atoms with van der Waals surface area (Å²) in [5.41, 5.74) is 0.764. The highest BCUT2D eigenvalue weighted by atomic mass is 32.1. The highest BCUT2D eigenvalue weighted by Gasteiger charge is 2.30. The maximum absolute atomic E-state index is 12.9. The topological polar surface area (TPSA) is 45.2 Å². The van der Waals surface area contributed by atoms with Gasteiger partial charge in [0.05, 0.1) is 16.1 Å². The van der Waals surface area contributed by atoms with Gasteiger partial charge < -0.3 is 5.32 Å². The molecule has 9 heteroatoms. The van der Waals surface area contributed by atoms with Crippen LogP contribution in [0.4, 0.5) is 13.2 Å². The van der Waals surface area contributed by atoms with E-state index >= 15 is 0 Å². The second kappa shape index (κ2) is 9.10. The number of hydrogen-bond donors (Lipinski definition) is 1. The quantitative estimate of drug-likeness (QED) is 0.534. The fourth-order valence-electron chi connectivity index (χ4n) is 3.70. The molecule has 2 aromatic heterocycles. The van der Waals surface area contributed by atoms with E-state index in [1.54, 1.807) is 17.4 Å². The summed E-state index contributed by atoms with van der Waals surface area (Å²) in [7, 11) is 0. The third-order valence-electron chi connectivity index (χ3n) is 5.32. The maximum Gasteiger partial charge on any atom is 0.416 e. The van der Waals surface area contributed by atoms with E-state index in [0.717, 1.165) is 47.6 Å². The van der Waals surface area contributed by atoms with Crippen LogP contribution in [0.5, 0.6) is 0 Å². The number of carbonyl (C=O) groups is 1. The summed E-state index contributed by atoms with van der Waals surface area (Å²) in [6.45, 7) is 3.77. The second-order valence-electron chi connectivity index (χ2n) is 7.63. The van der Waals surface area contributed by atoms with E-state index in [9.17, 15) is 18.0 Å². The molecule has 0 saturated carbocycles. The van der Waals surface area contributed by atoms with Gasteiger partial charge >= 0.3 is 6.18 Å². The highest BCUT2D eigenvalue weighted by Crippen LogP contribution is 2.32. The van der Waals surface area contributed by atoms with Gasteiger partial charge in [-0.25, -0.2) is 4.98 Å². The van der Waals surface area contributed by atoms with Crippen LogP contribution in [0.25, 0.3) is 9.88 Å². The first-order chi connectivity index (χ1) is 14.8. The van der Waals surface area contributed by atoms with Crippen molar-refractivity contribution in [2.75, 3.05) is 13.1 Å². The lowest BCUT2D eigenvalue weighted by molar-refractivity contribution is -0.137. The molecule has 1 amide bonds. The smallest absolute Gasteiger partial charge is 0.348 e. The molecule has 0 bridgehead atoms. The number of hydrogen-bond acceptors (Lipinski definition) is 5. The van der Waals surface area contributed by atoms with Crippen LogP contribution in [0.1, 0.15) is 39.3 Å². The molecule has 3 heterocycles. The minimum absolute atomic E-state index is 0.0527. The minimum atomic E-state index is -4.33. The Morgan fingerprint density at radius 1 is 1.23 bits per heavy atom. The summed E-state index contributed by atoms with van der Waals surface area (Å²) >= 11 is 3.00. The lowest BCUT2D eigenvalue weighted by atomic mass is 10.0. The number of halogens is 3. The minimum Gasteiger partial charge on any atom is -0.348 e. The molecule has 1 N–H and O–H groups in total. The predicted octanol–water partition coefficient (Wildman–Crippen LogP) is 5.59. The van der Waals surface area contributed by atoms with Crippen LogP contribution >= 0.6 is 22.7 Å². The summed E-state index contributed by atoms with van der Waals surface area (Å²) in [6.07, 6.45) is -2.80. The number of benzene rings is 1. The van der Waals surface area contributed by atoms with Crippen molar-refractivity contribution in [2.45, 2.75) is 38.5 Å². The average molecular weight is 466 g/mol. The third-order valence-corrected chi connectivity index (χ3v) is 7.51. The number of alkyl halides is 3. The highest BCUT2D eigenvalue weighted by molar-refractivity contribution is 7.22. The van der Waals surface area contributed by atoms with Gasteiger partial charge in [0, 0.05) is 25.7 Å². The van der Waals surface area contributed by atoms with Crippen molar-refractivity contribution in [2.24, 2.45) is 0 Å². The number of carbonyl (C=O) groups excluding carboxylic acids is 1. The van der Waals surface area contributed by atoms with Crippen LogP contribution in [0, 0.1) is 6.92 Å². The number of thiophene rings is 1. The summed E-state index contributed by atoms with van der Waals surface area (Å²) in [5.74, 6) is -0.103. The number of piperidine rings is 1. The molecule has 3 aromatic rings. The van der Waals surface area contributed by atoms with Crippen LogP contribution in [0.2, 0.25) is 0 Å². The standard InChI is InChI=1S/C22H22F3N3OS2/c1-14-19(31-21(26-14)18-6-3-11-30-18)20(29)27-17-7-9-28(10-8-17)13-15-4-2-5-16(12-15)22(23,24)25/h2-6,11-12,17H,7-10,13H2,1H3,(H,27,29). The Balaban J connectivity index is 1.31. The van der Waals surface area contributed by atoms with Gasteiger partial charge in [0.1, 0.15) is 9.88 Å². The van der Waals surface area contributed by atoms with Crippen LogP contribution in [0.3, 0.4) is 0 Å². The SMILES string of the molecule is Cc1nc(-c2cccs2)sc1C(=O)NC1CCN(Cc2cccc(C(F)(F)F)c2)CC1. The second-order valence-corrected chi connectivity index (χ2v) is 9.58. The zero-order chi connectivity index (χ0) is 22.0. The van der Waals surface area contributed by atoms with Crippen molar-refractivity contribution in [3.05, 3.63) is 63.5 Å². The number of aromatic nitrogens is 1. The molecule has 0 spiro atoms. The molecule has 0 atom stereocenters. The van der Waals surface area contributed by atoms with E-state index in [2.05, 4.69) is 15.2 Å². The largest absolute Gasteiger partial charge is 0.416 e. The van der Waals surface area contributed by atoms with Gasteiger partial charge in [-0.1, -0.05) is 24.3 Å². The zero-order valence-corrected chi connectivity index (χ0v) is 18.5. The van der Waals surface area contributed by atoms with Crippen molar-refractivity contribution in [1.82, 2.24) is 15.2 Å². The van der Waals surface area contributed by atoms with Gasteiger partial charge in [0.25, 0.3) is 5.91 Å². The van der Waals surface area contributed by atoms with Crippen molar-refractivity contribution in [1.29, 1.82) is 0 Å². The first-order valence-electron chi connectivity index (χ1n) is 10.0. The normalized spacial score (nSPS) is 15.9. The molecule has 4 rings (SSSR count). The van der Waals surface area contributed by atoms with Crippen molar-refractivity contribution in [3.63, 3.8) is 0 Å². The average Bonchev–Trinajstić information content (AvgIpc) is 3.39. The van der Waals surface area contributed by atoms with Gasteiger partial charge in [-0.2, -0.15) is 13.2 Å². The van der Waals surface area contributed by atoms with Crippen molar-refractivity contribution >= 4 is 28.6 Å². The summed E-state index contributed by atoms with van der Waals surface area (Å²) in [5, 5.41) is 5.95. The van der Waals surface area contributed by atoms with Gasteiger partial charge in [-0.3, -0.25) is 9.69 Å².